The van der Waals surface area contributed by atoms with Gasteiger partial charge in [-0.25, -0.2) is 8.78 Å². The molecule has 0 atom stereocenters. The first-order valence-corrected chi connectivity index (χ1v) is 6.18. The van der Waals surface area contributed by atoms with Crippen LogP contribution in [0.15, 0.2) is 18.2 Å². The van der Waals surface area contributed by atoms with Crippen LogP contribution in [0.4, 0.5) is 8.78 Å². The number of hydrogen-bond acceptors (Lipinski definition) is 2. The van der Waals surface area contributed by atoms with E-state index in [9.17, 15) is 8.78 Å². The molecule has 1 aromatic rings. The van der Waals surface area contributed by atoms with Crippen LogP contribution in [0.2, 0.25) is 0 Å². The predicted molar refractivity (Wildman–Crippen MR) is 67.0 cm³/mol. The summed E-state index contributed by atoms with van der Waals surface area (Å²) in [6, 6.07) is 5.73. The van der Waals surface area contributed by atoms with E-state index in [1.165, 1.54) is 0 Å². The van der Waals surface area contributed by atoms with Gasteiger partial charge in [-0.1, -0.05) is 17.7 Å². The van der Waals surface area contributed by atoms with E-state index < -0.39 is 11.5 Å². The Bertz CT molecular complexity index is 435. The molecule has 1 saturated carbocycles. The number of alkyl halides is 2. The maximum absolute atomic E-state index is 13.2. The summed E-state index contributed by atoms with van der Waals surface area (Å²) in [5, 5.41) is 0. The molecule has 18 heavy (non-hydrogen) atoms. The van der Waals surface area contributed by atoms with Crippen LogP contribution in [0.1, 0.15) is 36.8 Å². The number of hydrogen-bond donors (Lipinski definition) is 1. The molecule has 0 aliphatic heterocycles. The van der Waals surface area contributed by atoms with Gasteiger partial charge in [-0.05, 0) is 25.8 Å². The van der Waals surface area contributed by atoms with Crippen LogP contribution in [0.3, 0.4) is 0 Å². The Balaban J connectivity index is 2.33. The Labute approximate surface area is 106 Å². The van der Waals surface area contributed by atoms with E-state index in [1.54, 1.807) is 7.11 Å². The monoisotopic (exact) mass is 255 g/mol. The van der Waals surface area contributed by atoms with Gasteiger partial charge in [-0.15, -0.1) is 0 Å². The lowest BCUT2D eigenvalue weighted by atomic mass is 9.75. The van der Waals surface area contributed by atoms with Gasteiger partial charge in [0, 0.05) is 23.9 Å². The van der Waals surface area contributed by atoms with Gasteiger partial charge in [0.25, 0.3) is 0 Å². The third kappa shape index (κ3) is 2.48. The van der Waals surface area contributed by atoms with Gasteiger partial charge in [-0.2, -0.15) is 0 Å². The highest BCUT2D eigenvalue weighted by molar-refractivity contribution is 5.42. The van der Waals surface area contributed by atoms with Crippen molar-refractivity contribution < 1.29 is 13.5 Å². The molecule has 100 valence electrons. The van der Waals surface area contributed by atoms with E-state index in [0.29, 0.717) is 18.6 Å². The molecule has 0 aromatic heterocycles. The SMILES string of the molecule is COc1ccc(C)cc1C1(N)CCC(F)(F)CC1. The third-order valence-electron chi connectivity index (χ3n) is 3.77. The number of halogens is 2. The van der Waals surface area contributed by atoms with Gasteiger partial charge in [0.05, 0.1) is 7.11 Å². The average molecular weight is 255 g/mol. The molecule has 0 heterocycles. The predicted octanol–water partition coefficient (Wildman–Crippen LogP) is 3.37. The van der Waals surface area contributed by atoms with Crippen molar-refractivity contribution in [2.45, 2.75) is 44.1 Å². The number of rotatable bonds is 2. The minimum absolute atomic E-state index is 0.152. The molecule has 0 bridgehead atoms. The molecule has 0 radical (unpaired) electrons. The fourth-order valence-electron chi connectivity index (χ4n) is 2.54. The van der Waals surface area contributed by atoms with Crippen molar-refractivity contribution in [2.24, 2.45) is 5.73 Å². The summed E-state index contributed by atoms with van der Waals surface area (Å²) in [6.45, 7) is 1.96. The molecule has 1 fully saturated rings. The average Bonchev–Trinajstić information content (AvgIpc) is 2.33. The van der Waals surface area contributed by atoms with Crippen LogP contribution in [0.5, 0.6) is 5.75 Å². The van der Waals surface area contributed by atoms with Crippen LogP contribution < -0.4 is 10.5 Å². The highest BCUT2D eigenvalue weighted by Crippen LogP contribution is 2.44. The molecule has 1 aliphatic rings. The molecule has 0 saturated heterocycles. The summed E-state index contributed by atoms with van der Waals surface area (Å²) < 4.78 is 31.8. The molecule has 0 spiro atoms. The van der Waals surface area contributed by atoms with Gasteiger partial charge >= 0.3 is 0 Å². The van der Waals surface area contributed by atoms with Crippen molar-refractivity contribution in [1.29, 1.82) is 0 Å². The molecule has 2 N–H and O–H groups in total. The van der Waals surface area contributed by atoms with Crippen LogP contribution in [-0.2, 0) is 5.54 Å². The van der Waals surface area contributed by atoms with Crippen molar-refractivity contribution in [1.82, 2.24) is 0 Å². The fourth-order valence-corrected chi connectivity index (χ4v) is 2.54. The Hall–Kier alpha value is -1.16. The number of nitrogens with two attached hydrogens (primary N) is 1. The summed E-state index contributed by atoms with van der Waals surface area (Å²) in [5.74, 6) is -1.88. The summed E-state index contributed by atoms with van der Waals surface area (Å²) in [4.78, 5) is 0. The molecular weight excluding hydrogens is 236 g/mol. The quantitative estimate of drug-likeness (QED) is 0.879. The zero-order chi connectivity index (χ0) is 13.4. The van der Waals surface area contributed by atoms with E-state index in [2.05, 4.69) is 0 Å². The lowest BCUT2D eigenvalue weighted by Gasteiger charge is -2.38. The Kier molecular flexibility index (Phi) is 3.32. The number of ether oxygens (including phenoxy) is 1. The highest BCUT2D eigenvalue weighted by atomic mass is 19.3. The van der Waals surface area contributed by atoms with Crippen molar-refractivity contribution in [3.63, 3.8) is 0 Å². The lowest BCUT2D eigenvalue weighted by molar-refractivity contribution is -0.0516. The van der Waals surface area contributed by atoms with Crippen molar-refractivity contribution in [3.8, 4) is 5.75 Å². The fraction of sp³-hybridized carbons (Fsp3) is 0.571. The first kappa shape index (κ1) is 13.3. The van der Waals surface area contributed by atoms with E-state index in [-0.39, 0.29) is 12.8 Å². The molecule has 4 heteroatoms. The Morgan fingerprint density at radius 2 is 1.78 bits per heavy atom. The van der Waals surface area contributed by atoms with E-state index in [1.807, 2.05) is 25.1 Å². The van der Waals surface area contributed by atoms with Gasteiger partial charge < -0.3 is 10.5 Å². The smallest absolute Gasteiger partial charge is 0.248 e. The molecule has 0 amide bonds. The largest absolute Gasteiger partial charge is 0.496 e. The summed E-state index contributed by atoms with van der Waals surface area (Å²) in [6.07, 6.45) is 0.279. The first-order chi connectivity index (χ1) is 8.36. The minimum atomic E-state index is -2.57. The third-order valence-corrected chi connectivity index (χ3v) is 3.77. The van der Waals surface area contributed by atoms with Gasteiger partial charge in [0.1, 0.15) is 5.75 Å². The number of aryl methyl sites for hydroxylation is 1. The van der Waals surface area contributed by atoms with Crippen molar-refractivity contribution in [3.05, 3.63) is 29.3 Å². The second kappa shape index (κ2) is 4.50. The zero-order valence-corrected chi connectivity index (χ0v) is 10.8. The van der Waals surface area contributed by atoms with Gasteiger partial charge in [0.15, 0.2) is 0 Å². The Morgan fingerprint density at radius 3 is 2.33 bits per heavy atom. The standard InChI is InChI=1S/C14H19F2NO/c1-10-3-4-12(18-2)11(9-10)13(17)5-7-14(15,16)8-6-13/h3-4,9H,5-8,17H2,1-2H3. The molecule has 1 aliphatic carbocycles. The summed E-state index contributed by atoms with van der Waals surface area (Å²) in [7, 11) is 1.58. The number of methoxy groups -OCH3 is 1. The van der Waals surface area contributed by atoms with Crippen molar-refractivity contribution >= 4 is 0 Å². The van der Waals surface area contributed by atoms with Gasteiger partial charge in [0.2, 0.25) is 5.92 Å². The van der Waals surface area contributed by atoms with E-state index in [4.69, 9.17) is 10.5 Å². The molecule has 2 rings (SSSR count). The molecular formula is C14H19F2NO. The van der Waals surface area contributed by atoms with Crippen LogP contribution in [-0.4, -0.2) is 13.0 Å². The van der Waals surface area contributed by atoms with Crippen LogP contribution in [0, 0.1) is 6.92 Å². The zero-order valence-electron chi connectivity index (χ0n) is 10.8. The summed E-state index contributed by atoms with van der Waals surface area (Å²) >= 11 is 0. The topological polar surface area (TPSA) is 35.2 Å². The van der Waals surface area contributed by atoms with Crippen molar-refractivity contribution in [2.75, 3.05) is 7.11 Å². The molecule has 2 nitrogen and oxygen atoms in total. The molecule has 1 aromatic carbocycles. The van der Waals surface area contributed by atoms with Gasteiger partial charge in [-0.3, -0.25) is 0 Å². The normalized spacial score (nSPS) is 21.6. The number of benzene rings is 1. The maximum Gasteiger partial charge on any atom is 0.248 e. The first-order valence-electron chi connectivity index (χ1n) is 6.18. The highest BCUT2D eigenvalue weighted by Gasteiger charge is 2.43. The Morgan fingerprint density at radius 1 is 1.17 bits per heavy atom. The lowest BCUT2D eigenvalue weighted by Crippen LogP contribution is -2.43. The van der Waals surface area contributed by atoms with E-state index >= 15 is 0 Å². The second-order valence-corrected chi connectivity index (χ2v) is 5.22. The van der Waals surface area contributed by atoms with Crippen LogP contribution >= 0.6 is 0 Å². The minimum Gasteiger partial charge on any atom is -0.496 e. The summed E-state index contributed by atoms with van der Waals surface area (Å²) in [5.41, 5.74) is 7.55. The molecule has 0 unspecified atom stereocenters. The maximum atomic E-state index is 13.2. The second-order valence-electron chi connectivity index (χ2n) is 5.22. The van der Waals surface area contributed by atoms with Crippen LogP contribution in [0.25, 0.3) is 0 Å². The van der Waals surface area contributed by atoms with E-state index in [0.717, 1.165) is 11.1 Å².